The van der Waals surface area contributed by atoms with Crippen LogP contribution in [0.15, 0.2) is 65.6 Å². The first kappa shape index (κ1) is 21.4. The summed E-state index contributed by atoms with van der Waals surface area (Å²) < 4.78 is 31.8. The second kappa shape index (κ2) is 9.98. The molecule has 0 spiro atoms. The van der Waals surface area contributed by atoms with Gasteiger partial charge in [-0.25, -0.2) is 8.42 Å². The number of likely N-dealkylation sites (N-methyl/N-ethyl adjacent to an activating group) is 1. The Bertz CT molecular complexity index is 891. The summed E-state index contributed by atoms with van der Waals surface area (Å²) in [5, 5.41) is 2.79. The second-order valence-electron chi connectivity index (χ2n) is 7.09. The summed E-state index contributed by atoms with van der Waals surface area (Å²) in [4.78, 5) is 14.7. The molecule has 1 fully saturated rings. The van der Waals surface area contributed by atoms with Crippen LogP contribution in [0.4, 0.5) is 0 Å². The minimum atomic E-state index is -3.69. The van der Waals surface area contributed by atoms with Crippen LogP contribution in [0, 0.1) is 0 Å². The second-order valence-corrected chi connectivity index (χ2v) is 9.14. The molecule has 1 atom stereocenters. The van der Waals surface area contributed by atoms with E-state index >= 15 is 0 Å². The van der Waals surface area contributed by atoms with E-state index in [4.69, 9.17) is 4.74 Å². The molecule has 156 valence electrons. The summed E-state index contributed by atoms with van der Waals surface area (Å²) in [5.41, 5.74) is 1.24. The number of carbonyl (C=O) groups excluding carboxylic acids is 1. The maximum atomic E-state index is 12.5. The molecule has 7 nitrogen and oxygen atoms in total. The number of ether oxygens (including phenoxy) is 1. The zero-order valence-corrected chi connectivity index (χ0v) is 17.3. The molecule has 1 aliphatic heterocycles. The fourth-order valence-corrected chi connectivity index (χ4v) is 4.38. The number of amides is 1. The van der Waals surface area contributed by atoms with Crippen molar-refractivity contribution in [3.8, 4) is 0 Å². The lowest BCUT2D eigenvalue weighted by Crippen LogP contribution is -2.48. The fourth-order valence-electron chi connectivity index (χ4n) is 3.23. The first-order valence-corrected chi connectivity index (χ1v) is 11.0. The van der Waals surface area contributed by atoms with Gasteiger partial charge in [-0.3, -0.25) is 9.69 Å². The molecule has 1 unspecified atom stereocenters. The third kappa shape index (κ3) is 6.11. The smallest absolute Gasteiger partial charge is 0.243 e. The lowest BCUT2D eigenvalue weighted by Gasteiger charge is -2.33. The lowest BCUT2D eigenvalue weighted by atomic mass is 10.2. The van der Waals surface area contributed by atoms with Gasteiger partial charge in [-0.15, -0.1) is 0 Å². The maximum absolute atomic E-state index is 12.5. The number of carbonyl (C=O) groups is 1. The van der Waals surface area contributed by atoms with E-state index in [0.29, 0.717) is 19.7 Å². The van der Waals surface area contributed by atoms with Crippen LogP contribution in [0.1, 0.15) is 5.56 Å². The van der Waals surface area contributed by atoms with Crippen molar-refractivity contribution in [2.24, 2.45) is 0 Å². The van der Waals surface area contributed by atoms with Crippen LogP contribution in [0.3, 0.4) is 0 Å². The van der Waals surface area contributed by atoms with Gasteiger partial charge in [0.1, 0.15) is 0 Å². The molecule has 29 heavy (non-hydrogen) atoms. The van der Waals surface area contributed by atoms with Gasteiger partial charge < -0.3 is 10.1 Å². The molecule has 1 heterocycles. The molecule has 1 saturated heterocycles. The Balaban J connectivity index is 1.46. The predicted molar refractivity (Wildman–Crippen MR) is 111 cm³/mol. The average Bonchev–Trinajstić information content (AvgIpc) is 2.74. The molecule has 0 radical (unpaired) electrons. The maximum Gasteiger partial charge on any atom is 0.243 e. The van der Waals surface area contributed by atoms with Crippen LogP contribution < -0.4 is 5.32 Å². The molecule has 1 amide bonds. The van der Waals surface area contributed by atoms with E-state index in [1.807, 2.05) is 18.2 Å². The van der Waals surface area contributed by atoms with Crippen molar-refractivity contribution < 1.29 is 17.9 Å². The van der Waals surface area contributed by atoms with E-state index in [2.05, 4.69) is 22.3 Å². The van der Waals surface area contributed by atoms with Gasteiger partial charge in [0.2, 0.25) is 15.9 Å². The number of benzene rings is 2. The zero-order valence-electron chi connectivity index (χ0n) is 16.5. The van der Waals surface area contributed by atoms with E-state index in [-0.39, 0.29) is 23.5 Å². The molecule has 8 heteroatoms. The summed E-state index contributed by atoms with van der Waals surface area (Å²) in [7, 11) is -2.28. The summed E-state index contributed by atoms with van der Waals surface area (Å²) in [5.74, 6) is -0.351. The highest BCUT2D eigenvalue weighted by atomic mass is 32.2. The van der Waals surface area contributed by atoms with Crippen LogP contribution in [0.25, 0.3) is 0 Å². The molecule has 0 aromatic heterocycles. The Morgan fingerprint density at radius 3 is 2.48 bits per heavy atom. The van der Waals surface area contributed by atoms with Gasteiger partial charge in [-0.05, 0) is 17.7 Å². The Morgan fingerprint density at radius 2 is 1.79 bits per heavy atom. The van der Waals surface area contributed by atoms with Crippen molar-refractivity contribution in [2.75, 3.05) is 39.8 Å². The summed E-state index contributed by atoms with van der Waals surface area (Å²) in [6, 6.07) is 18.3. The molecule has 1 N–H and O–H groups in total. The molecule has 2 aromatic carbocycles. The molecule has 0 saturated carbocycles. The molecular weight excluding hydrogens is 390 g/mol. The molecule has 2 aromatic rings. The highest BCUT2D eigenvalue weighted by Crippen LogP contribution is 2.13. The zero-order chi connectivity index (χ0) is 20.7. The van der Waals surface area contributed by atoms with Crippen LogP contribution in [0.5, 0.6) is 0 Å². The third-order valence-corrected chi connectivity index (χ3v) is 6.63. The summed E-state index contributed by atoms with van der Waals surface area (Å²) >= 11 is 0. The SMILES string of the molecule is CN(CC(=O)NCC1CN(Cc2ccccc2)CCO1)S(=O)(=O)c1ccccc1. The molecule has 1 aliphatic rings. The first-order chi connectivity index (χ1) is 13.9. The predicted octanol–water partition coefficient (Wildman–Crippen LogP) is 1.32. The van der Waals surface area contributed by atoms with E-state index < -0.39 is 10.0 Å². The highest BCUT2D eigenvalue weighted by Gasteiger charge is 2.24. The van der Waals surface area contributed by atoms with Crippen molar-refractivity contribution in [3.63, 3.8) is 0 Å². The van der Waals surface area contributed by atoms with Crippen LogP contribution in [-0.2, 0) is 26.1 Å². The largest absolute Gasteiger partial charge is 0.374 e. The van der Waals surface area contributed by atoms with Crippen molar-refractivity contribution in [3.05, 3.63) is 66.2 Å². The Kier molecular flexibility index (Phi) is 7.38. The third-order valence-electron chi connectivity index (χ3n) is 4.82. The normalized spacial score (nSPS) is 17.9. The number of nitrogens with one attached hydrogen (secondary N) is 1. The Morgan fingerprint density at radius 1 is 1.14 bits per heavy atom. The average molecular weight is 418 g/mol. The highest BCUT2D eigenvalue weighted by molar-refractivity contribution is 7.89. The van der Waals surface area contributed by atoms with Gasteiger partial charge in [-0.2, -0.15) is 4.31 Å². The van der Waals surface area contributed by atoms with Crippen molar-refractivity contribution in [1.82, 2.24) is 14.5 Å². The van der Waals surface area contributed by atoms with E-state index in [1.165, 1.54) is 24.7 Å². The number of rotatable bonds is 8. The first-order valence-electron chi connectivity index (χ1n) is 9.61. The minimum absolute atomic E-state index is 0.118. The summed E-state index contributed by atoms with van der Waals surface area (Å²) in [6.07, 6.45) is -0.118. The summed E-state index contributed by atoms with van der Waals surface area (Å²) in [6.45, 7) is 3.12. The topological polar surface area (TPSA) is 79.0 Å². The van der Waals surface area contributed by atoms with Crippen molar-refractivity contribution in [2.45, 2.75) is 17.5 Å². The molecule has 0 bridgehead atoms. The number of sulfonamides is 1. The number of morpholine rings is 1. The van der Waals surface area contributed by atoms with Crippen molar-refractivity contribution in [1.29, 1.82) is 0 Å². The van der Waals surface area contributed by atoms with Gasteiger partial charge in [0, 0.05) is 33.2 Å². The van der Waals surface area contributed by atoms with Gasteiger partial charge >= 0.3 is 0 Å². The van der Waals surface area contributed by atoms with Crippen LogP contribution in [0.2, 0.25) is 0 Å². The lowest BCUT2D eigenvalue weighted by molar-refractivity contribution is -0.122. The molecule has 3 rings (SSSR count). The Labute approximate surface area is 172 Å². The van der Waals surface area contributed by atoms with E-state index in [1.54, 1.807) is 18.2 Å². The van der Waals surface area contributed by atoms with E-state index in [0.717, 1.165) is 17.4 Å². The van der Waals surface area contributed by atoms with Gasteiger partial charge in [0.15, 0.2) is 0 Å². The van der Waals surface area contributed by atoms with Crippen molar-refractivity contribution >= 4 is 15.9 Å². The fraction of sp³-hybridized carbons (Fsp3) is 0.381. The molecular formula is C21H27N3O4S. The van der Waals surface area contributed by atoms with Crippen LogP contribution in [-0.4, -0.2) is 69.5 Å². The molecule has 0 aliphatic carbocycles. The minimum Gasteiger partial charge on any atom is -0.374 e. The van der Waals surface area contributed by atoms with Gasteiger partial charge in [0.25, 0.3) is 0 Å². The monoisotopic (exact) mass is 417 g/mol. The van der Waals surface area contributed by atoms with E-state index in [9.17, 15) is 13.2 Å². The standard InChI is InChI=1S/C21H27N3O4S/c1-23(29(26,27)20-10-6-3-7-11-20)17-21(25)22-14-19-16-24(12-13-28-19)15-18-8-4-2-5-9-18/h2-11,19H,12-17H2,1H3,(H,22,25). The quantitative estimate of drug-likeness (QED) is 0.701. The van der Waals surface area contributed by atoms with Gasteiger partial charge in [-0.1, -0.05) is 48.5 Å². The van der Waals surface area contributed by atoms with Gasteiger partial charge in [0.05, 0.1) is 24.2 Å². The Hall–Kier alpha value is -2.26. The van der Waals surface area contributed by atoms with Crippen LogP contribution >= 0.6 is 0 Å². The number of nitrogens with zero attached hydrogens (tertiary/aromatic N) is 2. The number of hydrogen-bond donors (Lipinski definition) is 1. The number of hydrogen-bond acceptors (Lipinski definition) is 5.